The van der Waals surface area contributed by atoms with Gasteiger partial charge in [0.25, 0.3) is 0 Å². The van der Waals surface area contributed by atoms with Gasteiger partial charge in [0.15, 0.2) is 0 Å². The number of benzene rings is 1. The van der Waals surface area contributed by atoms with Gasteiger partial charge in [0.1, 0.15) is 0 Å². The first-order valence-electron chi connectivity index (χ1n) is 10.4. The number of nitrogens with zero attached hydrogens (tertiary/aromatic N) is 2. The molecule has 2 heterocycles. The number of likely N-dealkylation sites (tertiary alicyclic amines) is 1. The molecule has 0 unspecified atom stereocenters. The first-order chi connectivity index (χ1) is 13.8. The van der Waals surface area contributed by atoms with Crippen LogP contribution in [0.1, 0.15) is 73.4 Å². The summed E-state index contributed by atoms with van der Waals surface area (Å²) in [5, 5.41) is 9.58. The van der Waals surface area contributed by atoms with E-state index in [1.54, 1.807) is 12.1 Å². The summed E-state index contributed by atoms with van der Waals surface area (Å²) >= 11 is 0. The predicted molar refractivity (Wildman–Crippen MR) is 113 cm³/mol. The van der Waals surface area contributed by atoms with Crippen LogP contribution in [0.3, 0.4) is 0 Å². The van der Waals surface area contributed by atoms with Crippen molar-refractivity contribution in [2.24, 2.45) is 5.41 Å². The number of aromatic nitrogens is 1. The summed E-state index contributed by atoms with van der Waals surface area (Å²) in [6, 6.07) is 13.5. The highest BCUT2D eigenvalue weighted by Gasteiger charge is 2.36. The molecule has 5 heteroatoms. The number of amides is 1. The molecule has 1 atom stereocenters. The average molecular weight is 395 g/mol. The molecule has 5 nitrogen and oxygen atoms in total. The molecule has 0 radical (unpaired) electrons. The third-order valence-electron chi connectivity index (χ3n) is 5.44. The Morgan fingerprint density at radius 1 is 1.10 bits per heavy atom. The van der Waals surface area contributed by atoms with Gasteiger partial charge in [-0.15, -0.1) is 0 Å². The molecule has 154 valence electrons. The van der Waals surface area contributed by atoms with Crippen LogP contribution in [-0.4, -0.2) is 33.4 Å². The van der Waals surface area contributed by atoms with E-state index >= 15 is 0 Å². The van der Waals surface area contributed by atoms with Crippen molar-refractivity contribution in [2.45, 2.75) is 58.9 Å². The number of pyridine rings is 1. The highest BCUT2D eigenvalue weighted by molar-refractivity contribution is 5.89. The van der Waals surface area contributed by atoms with E-state index in [0.29, 0.717) is 12.1 Å². The lowest BCUT2D eigenvalue weighted by Crippen LogP contribution is -2.39. The molecule has 1 aliphatic rings. The average Bonchev–Trinajstić information content (AvgIpc) is 3.17. The van der Waals surface area contributed by atoms with Gasteiger partial charge >= 0.3 is 5.97 Å². The number of rotatable bonds is 6. The Bertz CT molecular complexity index is 871. The second-order valence-corrected chi connectivity index (χ2v) is 8.78. The fourth-order valence-electron chi connectivity index (χ4n) is 3.94. The van der Waals surface area contributed by atoms with Gasteiger partial charge in [-0.25, -0.2) is 4.79 Å². The highest BCUT2D eigenvalue weighted by atomic mass is 16.4. The summed E-state index contributed by atoms with van der Waals surface area (Å²) in [5.41, 5.74) is 2.47. The van der Waals surface area contributed by atoms with Crippen LogP contribution in [0.5, 0.6) is 0 Å². The number of carbonyl (C=O) groups is 2. The highest BCUT2D eigenvalue weighted by Crippen LogP contribution is 2.35. The van der Waals surface area contributed by atoms with Crippen LogP contribution in [0.4, 0.5) is 0 Å². The Morgan fingerprint density at radius 2 is 1.83 bits per heavy atom. The lowest BCUT2D eigenvalue weighted by Gasteiger charge is -2.31. The summed E-state index contributed by atoms with van der Waals surface area (Å²) in [5.74, 6) is -0.831. The van der Waals surface area contributed by atoms with Crippen molar-refractivity contribution in [3.63, 3.8) is 0 Å². The molecule has 3 rings (SSSR count). The molecule has 0 bridgehead atoms. The molecule has 1 saturated heterocycles. The number of hydrogen-bond acceptors (Lipinski definition) is 3. The van der Waals surface area contributed by atoms with E-state index < -0.39 is 11.4 Å². The lowest BCUT2D eigenvalue weighted by molar-refractivity contribution is -0.140. The number of aromatic carboxylic acids is 1. The Labute approximate surface area is 172 Å². The maximum Gasteiger partial charge on any atom is 0.337 e. The lowest BCUT2D eigenvalue weighted by atomic mass is 9.94. The smallest absolute Gasteiger partial charge is 0.337 e. The topological polar surface area (TPSA) is 70.5 Å². The summed E-state index contributed by atoms with van der Waals surface area (Å²) in [6.45, 7) is 6.52. The Kier molecular flexibility index (Phi) is 6.36. The predicted octanol–water partition coefficient (Wildman–Crippen LogP) is 4.66. The van der Waals surface area contributed by atoms with E-state index in [-0.39, 0.29) is 17.5 Å². The minimum absolute atomic E-state index is 0.0718. The summed E-state index contributed by atoms with van der Waals surface area (Å²) in [6.07, 6.45) is 4.12. The Morgan fingerprint density at radius 3 is 2.48 bits per heavy atom. The van der Waals surface area contributed by atoms with Crippen LogP contribution in [0, 0.1) is 5.41 Å². The zero-order valence-electron chi connectivity index (χ0n) is 17.5. The molecule has 0 aliphatic carbocycles. The standard InChI is InChI=1S/C24H30N2O3/c1-24(2,3)23(29)26-16-8-13-21(26)20-15-14-18(22(27)28)19(25-20)12-7-11-17-9-5-4-6-10-17/h4-6,9-10,14-15,21H,7-8,11-13,16H2,1-3H3,(H,27,28)/t21-/m1/s1. The van der Waals surface area contributed by atoms with E-state index in [0.717, 1.165) is 37.9 Å². The van der Waals surface area contributed by atoms with E-state index in [1.807, 2.05) is 43.9 Å². The van der Waals surface area contributed by atoms with E-state index in [4.69, 9.17) is 4.98 Å². The molecule has 1 aromatic carbocycles. The van der Waals surface area contributed by atoms with Gasteiger partial charge in [-0.05, 0) is 49.8 Å². The van der Waals surface area contributed by atoms with Crippen LogP contribution >= 0.6 is 0 Å². The summed E-state index contributed by atoms with van der Waals surface area (Å²) < 4.78 is 0. The second kappa shape index (κ2) is 8.76. The number of carboxylic acid groups (broad SMARTS) is 1. The summed E-state index contributed by atoms with van der Waals surface area (Å²) in [7, 11) is 0. The van der Waals surface area contributed by atoms with Crippen molar-refractivity contribution in [3.05, 3.63) is 65.0 Å². The molecule has 1 amide bonds. The third-order valence-corrected chi connectivity index (χ3v) is 5.44. The molecule has 0 saturated carbocycles. The minimum atomic E-state index is -0.951. The second-order valence-electron chi connectivity index (χ2n) is 8.78. The van der Waals surface area contributed by atoms with Crippen LogP contribution in [-0.2, 0) is 17.6 Å². The molecule has 0 spiro atoms. The first kappa shape index (κ1) is 21.0. The van der Waals surface area contributed by atoms with Crippen LogP contribution in [0.25, 0.3) is 0 Å². The van der Waals surface area contributed by atoms with Gasteiger partial charge in [-0.1, -0.05) is 51.1 Å². The Balaban J connectivity index is 1.80. The van der Waals surface area contributed by atoms with Crippen molar-refractivity contribution in [3.8, 4) is 0 Å². The van der Waals surface area contributed by atoms with Crippen molar-refractivity contribution in [1.29, 1.82) is 0 Å². The van der Waals surface area contributed by atoms with Crippen molar-refractivity contribution >= 4 is 11.9 Å². The molecule has 1 N–H and O–H groups in total. The minimum Gasteiger partial charge on any atom is -0.478 e. The maximum absolute atomic E-state index is 12.8. The largest absolute Gasteiger partial charge is 0.478 e. The van der Waals surface area contributed by atoms with E-state index in [2.05, 4.69) is 12.1 Å². The number of carboxylic acids is 1. The van der Waals surface area contributed by atoms with E-state index in [9.17, 15) is 14.7 Å². The van der Waals surface area contributed by atoms with Gasteiger partial charge < -0.3 is 10.0 Å². The van der Waals surface area contributed by atoms with Gasteiger partial charge in [0, 0.05) is 12.0 Å². The van der Waals surface area contributed by atoms with Crippen molar-refractivity contribution in [2.75, 3.05) is 6.54 Å². The van der Waals surface area contributed by atoms with Crippen molar-refractivity contribution in [1.82, 2.24) is 9.88 Å². The van der Waals surface area contributed by atoms with Crippen LogP contribution in [0.15, 0.2) is 42.5 Å². The third kappa shape index (κ3) is 5.03. The molecule has 1 aromatic heterocycles. The SMILES string of the molecule is CC(C)(C)C(=O)N1CCC[C@@H]1c1ccc(C(=O)O)c(CCCc2ccccc2)n1. The van der Waals surface area contributed by atoms with Gasteiger partial charge in [0.2, 0.25) is 5.91 Å². The quantitative estimate of drug-likeness (QED) is 0.773. The molecule has 29 heavy (non-hydrogen) atoms. The van der Waals surface area contributed by atoms with Crippen LogP contribution < -0.4 is 0 Å². The normalized spacial score (nSPS) is 16.8. The van der Waals surface area contributed by atoms with Gasteiger partial charge in [-0.2, -0.15) is 0 Å². The van der Waals surface area contributed by atoms with Crippen LogP contribution in [0.2, 0.25) is 0 Å². The van der Waals surface area contributed by atoms with Gasteiger partial charge in [0.05, 0.1) is 23.0 Å². The van der Waals surface area contributed by atoms with E-state index in [1.165, 1.54) is 5.56 Å². The molecular formula is C24H30N2O3. The number of aryl methyl sites for hydroxylation is 2. The molecule has 1 aliphatic heterocycles. The molecular weight excluding hydrogens is 364 g/mol. The monoisotopic (exact) mass is 394 g/mol. The zero-order chi connectivity index (χ0) is 21.0. The van der Waals surface area contributed by atoms with Crippen molar-refractivity contribution < 1.29 is 14.7 Å². The zero-order valence-corrected chi connectivity index (χ0v) is 17.5. The first-order valence-corrected chi connectivity index (χ1v) is 10.4. The number of carbonyl (C=O) groups excluding carboxylic acids is 1. The summed E-state index contributed by atoms with van der Waals surface area (Å²) in [4.78, 5) is 31.2. The fourth-order valence-corrected chi connectivity index (χ4v) is 3.94. The molecule has 1 fully saturated rings. The van der Waals surface area contributed by atoms with Gasteiger partial charge in [-0.3, -0.25) is 9.78 Å². The maximum atomic E-state index is 12.8. The molecule has 2 aromatic rings. The number of hydrogen-bond donors (Lipinski definition) is 1. The Hall–Kier alpha value is -2.69. The fraction of sp³-hybridized carbons (Fsp3) is 0.458.